The predicted molar refractivity (Wildman–Crippen MR) is 65.5 cm³/mol. The minimum absolute atomic E-state index is 0.548. The molecule has 0 radical (unpaired) electrons. The molecule has 16 heavy (non-hydrogen) atoms. The zero-order valence-corrected chi connectivity index (χ0v) is 9.83. The van der Waals surface area contributed by atoms with Gasteiger partial charge in [-0.2, -0.15) is 0 Å². The van der Waals surface area contributed by atoms with Crippen molar-refractivity contribution in [1.82, 2.24) is 10.6 Å². The summed E-state index contributed by atoms with van der Waals surface area (Å²) in [5.74, 6) is 0. The second kappa shape index (κ2) is 5.99. The van der Waals surface area contributed by atoms with Crippen LogP contribution in [0, 0.1) is 0 Å². The molecule has 0 spiro atoms. The van der Waals surface area contributed by atoms with E-state index >= 15 is 0 Å². The minimum Gasteiger partial charge on any atom is -0.383 e. The zero-order valence-electron chi connectivity index (χ0n) is 9.83. The Labute approximate surface area is 97.2 Å². The SMILES string of the molecule is COCCNCC1Cc2ccccc2CN1. The molecule has 0 saturated heterocycles. The monoisotopic (exact) mass is 220 g/mol. The molecule has 0 fully saturated rings. The Bertz CT molecular complexity index is 327. The number of hydrogen-bond acceptors (Lipinski definition) is 3. The number of nitrogens with one attached hydrogen (secondary N) is 2. The van der Waals surface area contributed by atoms with Crippen molar-refractivity contribution in [1.29, 1.82) is 0 Å². The highest BCUT2D eigenvalue weighted by Gasteiger charge is 2.16. The summed E-state index contributed by atoms with van der Waals surface area (Å²) in [5.41, 5.74) is 2.93. The van der Waals surface area contributed by atoms with Gasteiger partial charge in [0.2, 0.25) is 0 Å². The third-order valence-electron chi connectivity index (χ3n) is 3.04. The molecule has 1 atom stereocenters. The second-order valence-electron chi connectivity index (χ2n) is 4.25. The fraction of sp³-hybridized carbons (Fsp3) is 0.538. The van der Waals surface area contributed by atoms with Crippen LogP contribution < -0.4 is 10.6 Å². The van der Waals surface area contributed by atoms with E-state index < -0.39 is 0 Å². The molecule has 0 saturated carbocycles. The fourth-order valence-corrected chi connectivity index (χ4v) is 2.12. The summed E-state index contributed by atoms with van der Waals surface area (Å²) < 4.78 is 5.00. The highest BCUT2D eigenvalue weighted by molar-refractivity contribution is 5.29. The molecule has 0 bridgehead atoms. The average molecular weight is 220 g/mol. The van der Waals surface area contributed by atoms with Gasteiger partial charge in [-0.15, -0.1) is 0 Å². The molecular weight excluding hydrogens is 200 g/mol. The van der Waals surface area contributed by atoms with Crippen LogP contribution in [-0.2, 0) is 17.7 Å². The summed E-state index contributed by atoms with van der Waals surface area (Å²) in [6.07, 6.45) is 1.12. The average Bonchev–Trinajstić information content (AvgIpc) is 2.34. The molecule has 0 amide bonds. The second-order valence-corrected chi connectivity index (χ2v) is 4.25. The maximum Gasteiger partial charge on any atom is 0.0587 e. The molecular formula is C13H20N2O. The molecule has 88 valence electrons. The van der Waals surface area contributed by atoms with Crippen molar-refractivity contribution in [2.45, 2.75) is 19.0 Å². The van der Waals surface area contributed by atoms with E-state index in [0.29, 0.717) is 6.04 Å². The van der Waals surface area contributed by atoms with E-state index in [-0.39, 0.29) is 0 Å². The summed E-state index contributed by atoms with van der Waals surface area (Å²) >= 11 is 0. The Hall–Kier alpha value is -0.900. The number of ether oxygens (including phenoxy) is 1. The number of benzene rings is 1. The van der Waals surface area contributed by atoms with E-state index in [1.54, 1.807) is 7.11 Å². The van der Waals surface area contributed by atoms with E-state index in [2.05, 4.69) is 34.9 Å². The highest BCUT2D eigenvalue weighted by Crippen LogP contribution is 2.15. The van der Waals surface area contributed by atoms with Gasteiger partial charge in [-0.05, 0) is 17.5 Å². The van der Waals surface area contributed by atoms with Gasteiger partial charge in [-0.25, -0.2) is 0 Å². The molecule has 3 nitrogen and oxygen atoms in total. The van der Waals surface area contributed by atoms with Crippen LogP contribution in [0.4, 0.5) is 0 Å². The van der Waals surface area contributed by atoms with Crippen LogP contribution in [0.5, 0.6) is 0 Å². The molecule has 0 aromatic heterocycles. The van der Waals surface area contributed by atoms with Gasteiger partial charge < -0.3 is 15.4 Å². The lowest BCUT2D eigenvalue weighted by Crippen LogP contribution is -2.43. The fourth-order valence-electron chi connectivity index (χ4n) is 2.12. The quantitative estimate of drug-likeness (QED) is 0.725. The van der Waals surface area contributed by atoms with Gasteiger partial charge >= 0.3 is 0 Å². The predicted octanol–water partition coefficient (Wildman–Crippen LogP) is 0.937. The largest absolute Gasteiger partial charge is 0.383 e. The number of rotatable bonds is 5. The third-order valence-corrected chi connectivity index (χ3v) is 3.04. The van der Waals surface area contributed by atoms with Gasteiger partial charge in [0.25, 0.3) is 0 Å². The Morgan fingerprint density at radius 1 is 1.38 bits per heavy atom. The van der Waals surface area contributed by atoms with Gasteiger partial charge in [0, 0.05) is 32.8 Å². The molecule has 2 N–H and O–H groups in total. The highest BCUT2D eigenvalue weighted by atomic mass is 16.5. The van der Waals surface area contributed by atoms with Gasteiger partial charge in [0.05, 0.1) is 6.61 Å². The molecule has 1 unspecified atom stereocenters. The maximum absolute atomic E-state index is 5.00. The topological polar surface area (TPSA) is 33.3 Å². The normalized spacial score (nSPS) is 19.4. The van der Waals surface area contributed by atoms with Gasteiger partial charge in [0.1, 0.15) is 0 Å². The first-order valence-corrected chi connectivity index (χ1v) is 5.90. The van der Waals surface area contributed by atoms with Crippen molar-refractivity contribution in [3.8, 4) is 0 Å². The van der Waals surface area contributed by atoms with Crippen LogP contribution >= 0.6 is 0 Å². The number of fused-ring (bicyclic) bond motifs is 1. The van der Waals surface area contributed by atoms with Gasteiger partial charge in [-0.3, -0.25) is 0 Å². The molecule has 1 aliphatic rings. The van der Waals surface area contributed by atoms with Gasteiger partial charge in [0.15, 0.2) is 0 Å². The van der Waals surface area contributed by atoms with Crippen molar-refractivity contribution in [2.75, 3.05) is 26.8 Å². The molecule has 3 heteroatoms. The summed E-state index contributed by atoms with van der Waals surface area (Å²) in [6, 6.07) is 9.22. The lowest BCUT2D eigenvalue weighted by Gasteiger charge is -2.26. The van der Waals surface area contributed by atoms with Crippen LogP contribution in [-0.4, -0.2) is 32.8 Å². The zero-order chi connectivity index (χ0) is 11.2. The Balaban J connectivity index is 1.79. The van der Waals surface area contributed by atoms with E-state index in [1.165, 1.54) is 11.1 Å². The smallest absolute Gasteiger partial charge is 0.0587 e. The third kappa shape index (κ3) is 3.04. The van der Waals surface area contributed by atoms with Crippen molar-refractivity contribution in [3.63, 3.8) is 0 Å². The molecule has 0 aliphatic carbocycles. The standard InChI is InChI=1S/C13H20N2O/c1-16-7-6-14-10-13-8-11-4-2-3-5-12(11)9-15-13/h2-5,13-15H,6-10H2,1H3. The first-order valence-electron chi connectivity index (χ1n) is 5.90. The van der Waals surface area contributed by atoms with E-state index in [9.17, 15) is 0 Å². The lowest BCUT2D eigenvalue weighted by molar-refractivity contribution is 0.198. The van der Waals surface area contributed by atoms with Crippen LogP contribution in [0.2, 0.25) is 0 Å². The van der Waals surface area contributed by atoms with Crippen LogP contribution in [0.25, 0.3) is 0 Å². The van der Waals surface area contributed by atoms with Crippen molar-refractivity contribution < 1.29 is 4.74 Å². The molecule has 2 rings (SSSR count). The maximum atomic E-state index is 5.00. The molecule has 1 aliphatic heterocycles. The van der Waals surface area contributed by atoms with Crippen molar-refractivity contribution in [2.24, 2.45) is 0 Å². The van der Waals surface area contributed by atoms with Crippen molar-refractivity contribution >= 4 is 0 Å². The van der Waals surface area contributed by atoms with E-state index in [0.717, 1.165) is 32.7 Å². The van der Waals surface area contributed by atoms with Crippen LogP contribution in [0.3, 0.4) is 0 Å². The van der Waals surface area contributed by atoms with E-state index in [4.69, 9.17) is 4.74 Å². The molecule has 1 aromatic carbocycles. The Morgan fingerprint density at radius 3 is 3.00 bits per heavy atom. The van der Waals surface area contributed by atoms with E-state index in [1.807, 2.05) is 0 Å². The van der Waals surface area contributed by atoms with Crippen LogP contribution in [0.1, 0.15) is 11.1 Å². The first-order chi connectivity index (χ1) is 7.90. The molecule has 1 aromatic rings. The Morgan fingerprint density at radius 2 is 2.19 bits per heavy atom. The number of hydrogen-bond donors (Lipinski definition) is 2. The Kier molecular flexibility index (Phi) is 4.34. The van der Waals surface area contributed by atoms with Gasteiger partial charge in [-0.1, -0.05) is 24.3 Å². The molecule has 1 heterocycles. The number of methoxy groups -OCH3 is 1. The lowest BCUT2D eigenvalue weighted by atomic mass is 9.96. The van der Waals surface area contributed by atoms with Crippen molar-refractivity contribution in [3.05, 3.63) is 35.4 Å². The van der Waals surface area contributed by atoms with Crippen LogP contribution in [0.15, 0.2) is 24.3 Å². The summed E-state index contributed by atoms with van der Waals surface area (Å²) in [4.78, 5) is 0. The summed E-state index contributed by atoms with van der Waals surface area (Å²) in [6.45, 7) is 3.71. The summed E-state index contributed by atoms with van der Waals surface area (Å²) in [7, 11) is 1.73. The first kappa shape index (κ1) is 11.6. The summed E-state index contributed by atoms with van der Waals surface area (Å²) in [5, 5.41) is 6.95. The minimum atomic E-state index is 0.548.